The lowest BCUT2D eigenvalue weighted by atomic mass is 10.2. The Hall–Kier alpha value is -1.92. The number of hydrogen-bond acceptors (Lipinski definition) is 4. The first-order valence-electron chi connectivity index (χ1n) is 7.21. The first kappa shape index (κ1) is 15.0. The van der Waals surface area contributed by atoms with Crippen molar-refractivity contribution in [1.82, 2.24) is 19.7 Å². The average Bonchev–Trinajstić information content (AvgIpc) is 3.14. The first-order chi connectivity index (χ1) is 10.6. The van der Waals surface area contributed by atoms with E-state index in [1.165, 1.54) is 0 Å². The molecule has 1 aliphatic rings. The number of amides is 1. The van der Waals surface area contributed by atoms with Crippen LogP contribution in [-0.4, -0.2) is 49.9 Å². The van der Waals surface area contributed by atoms with E-state index in [9.17, 15) is 9.90 Å². The van der Waals surface area contributed by atoms with Crippen LogP contribution >= 0.6 is 11.6 Å². The highest BCUT2D eigenvalue weighted by Crippen LogP contribution is 2.20. The van der Waals surface area contributed by atoms with Gasteiger partial charge in [-0.15, -0.1) is 5.10 Å². The number of likely N-dealkylation sites (tertiary alicyclic amines) is 1. The highest BCUT2D eigenvalue weighted by Gasteiger charge is 2.31. The fourth-order valence-electron chi connectivity index (χ4n) is 2.73. The van der Waals surface area contributed by atoms with E-state index < -0.39 is 0 Å². The Balaban J connectivity index is 1.88. The largest absolute Gasteiger partial charge is 0.394 e. The van der Waals surface area contributed by atoms with Gasteiger partial charge in [0, 0.05) is 11.6 Å². The number of nitrogens with zero attached hydrogens (tertiary/aromatic N) is 4. The molecule has 1 aliphatic heterocycles. The molecule has 1 aromatic heterocycles. The molecule has 116 valence electrons. The molecule has 1 saturated heterocycles. The molecule has 0 saturated carbocycles. The van der Waals surface area contributed by atoms with Gasteiger partial charge in [-0.25, -0.2) is 9.67 Å². The molecule has 1 fully saturated rings. The maximum absolute atomic E-state index is 12.5. The zero-order chi connectivity index (χ0) is 15.7. The zero-order valence-electron chi connectivity index (χ0n) is 12.2. The Kier molecular flexibility index (Phi) is 4.13. The zero-order valence-corrected chi connectivity index (χ0v) is 13.0. The van der Waals surface area contributed by atoms with Crippen LogP contribution in [-0.2, 0) is 0 Å². The minimum atomic E-state index is -0.229. The summed E-state index contributed by atoms with van der Waals surface area (Å²) in [5, 5.41) is 14.3. The molecule has 1 atom stereocenters. The van der Waals surface area contributed by atoms with Crippen molar-refractivity contribution >= 4 is 17.5 Å². The molecule has 0 bridgehead atoms. The predicted octanol–water partition coefficient (Wildman–Crippen LogP) is 1.83. The summed E-state index contributed by atoms with van der Waals surface area (Å²) in [4.78, 5) is 18.4. The maximum atomic E-state index is 12.5. The van der Waals surface area contributed by atoms with Gasteiger partial charge in [-0.05, 0) is 44.0 Å². The lowest BCUT2D eigenvalue weighted by Crippen LogP contribution is -2.38. The molecule has 1 N–H and O–H groups in total. The van der Waals surface area contributed by atoms with E-state index >= 15 is 0 Å². The fraction of sp³-hybridized carbons (Fsp3) is 0.400. The lowest BCUT2D eigenvalue weighted by Gasteiger charge is -2.21. The van der Waals surface area contributed by atoms with Gasteiger partial charge in [-0.3, -0.25) is 4.79 Å². The van der Waals surface area contributed by atoms with Gasteiger partial charge < -0.3 is 10.0 Å². The Bertz CT molecular complexity index is 683. The SMILES string of the molecule is Cc1nc(C(=O)N2CCCC2CO)nn1-c1ccc(Cl)cc1. The topological polar surface area (TPSA) is 71.2 Å². The van der Waals surface area contributed by atoms with Crippen LogP contribution in [0.3, 0.4) is 0 Å². The first-order valence-corrected chi connectivity index (χ1v) is 7.59. The maximum Gasteiger partial charge on any atom is 0.293 e. The molecule has 1 aromatic carbocycles. The number of rotatable bonds is 3. The summed E-state index contributed by atoms with van der Waals surface area (Å²) in [5.41, 5.74) is 0.800. The second kappa shape index (κ2) is 6.06. The minimum absolute atomic E-state index is 0.0252. The van der Waals surface area contributed by atoms with Crippen LogP contribution < -0.4 is 0 Å². The van der Waals surface area contributed by atoms with Gasteiger partial charge in [0.25, 0.3) is 5.91 Å². The number of benzene rings is 1. The van der Waals surface area contributed by atoms with Crippen molar-refractivity contribution < 1.29 is 9.90 Å². The normalized spacial score (nSPS) is 18.0. The van der Waals surface area contributed by atoms with Crippen LogP contribution in [0.25, 0.3) is 5.69 Å². The number of hydrogen-bond donors (Lipinski definition) is 1. The molecular formula is C15H17ClN4O2. The Morgan fingerprint density at radius 3 is 2.82 bits per heavy atom. The number of aliphatic hydroxyl groups is 1. The van der Waals surface area contributed by atoms with E-state index in [2.05, 4.69) is 10.1 Å². The summed E-state index contributed by atoms with van der Waals surface area (Å²) in [6.07, 6.45) is 1.72. The van der Waals surface area contributed by atoms with Gasteiger partial charge in [0.05, 0.1) is 18.3 Å². The van der Waals surface area contributed by atoms with Crippen molar-refractivity contribution in [2.45, 2.75) is 25.8 Å². The van der Waals surface area contributed by atoms with Gasteiger partial charge in [0.15, 0.2) is 0 Å². The highest BCUT2D eigenvalue weighted by atomic mass is 35.5. The molecule has 22 heavy (non-hydrogen) atoms. The number of carbonyl (C=O) groups is 1. The van der Waals surface area contributed by atoms with Crippen LogP contribution in [0.15, 0.2) is 24.3 Å². The van der Waals surface area contributed by atoms with E-state index in [-0.39, 0.29) is 24.4 Å². The van der Waals surface area contributed by atoms with Gasteiger partial charge in [0.2, 0.25) is 5.82 Å². The Labute approximate surface area is 133 Å². The molecular weight excluding hydrogens is 304 g/mol. The molecule has 7 heteroatoms. The van der Waals surface area contributed by atoms with Crippen molar-refractivity contribution in [3.8, 4) is 5.69 Å². The fourth-order valence-corrected chi connectivity index (χ4v) is 2.85. The van der Waals surface area contributed by atoms with Crippen LogP contribution in [0, 0.1) is 6.92 Å². The second-order valence-corrected chi connectivity index (χ2v) is 5.78. The van der Waals surface area contributed by atoms with E-state index in [0.717, 1.165) is 18.5 Å². The summed E-state index contributed by atoms with van der Waals surface area (Å²) >= 11 is 5.88. The number of halogens is 1. The Morgan fingerprint density at radius 1 is 1.41 bits per heavy atom. The van der Waals surface area contributed by atoms with Crippen LogP contribution in [0.5, 0.6) is 0 Å². The van der Waals surface area contributed by atoms with Gasteiger partial charge >= 0.3 is 0 Å². The van der Waals surface area contributed by atoms with E-state index in [1.54, 1.807) is 28.6 Å². The minimum Gasteiger partial charge on any atom is -0.394 e. The van der Waals surface area contributed by atoms with E-state index in [0.29, 0.717) is 17.4 Å². The number of aromatic nitrogens is 3. The number of aliphatic hydroxyl groups excluding tert-OH is 1. The van der Waals surface area contributed by atoms with Crippen molar-refractivity contribution in [3.63, 3.8) is 0 Å². The monoisotopic (exact) mass is 320 g/mol. The molecule has 0 aliphatic carbocycles. The molecule has 0 spiro atoms. The van der Waals surface area contributed by atoms with Crippen molar-refractivity contribution in [2.75, 3.05) is 13.2 Å². The summed E-state index contributed by atoms with van der Waals surface area (Å²) in [5.74, 6) is 0.561. The molecule has 0 radical (unpaired) electrons. The summed E-state index contributed by atoms with van der Waals surface area (Å²) in [7, 11) is 0. The van der Waals surface area contributed by atoms with Crippen LogP contribution in [0.2, 0.25) is 5.02 Å². The van der Waals surface area contributed by atoms with Crippen LogP contribution in [0.4, 0.5) is 0 Å². The van der Waals surface area contributed by atoms with E-state index in [1.807, 2.05) is 12.1 Å². The van der Waals surface area contributed by atoms with Crippen molar-refractivity contribution in [1.29, 1.82) is 0 Å². The third-order valence-electron chi connectivity index (χ3n) is 3.88. The third-order valence-corrected chi connectivity index (χ3v) is 4.13. The molecule has 1 unspecified atom stereocenters. The molecule has 2 aromatic rings. The predicted molar refractivity (Wildman–Crippen MR) is 82.3 cm³/mol. The molecule has 2 heterocycles. The molecule has 6 nitrogen and oxygen atoms in total. The van der Waals surface area contributed by atoms with E-state index in [4.69, 9.17) is 11.6 Å². The van der Waals surface area contributed by atoms with Gasteiger partial charge in [0.1, 0.15) is 5.82 Å². The van der Waals surface area contributed by atoms with Gasteiger partial charge in [-0.1, -0.05) is 11.6 Å². The molecule has 1 amide bonds. The van der Waals surface area contributed by atoms with Gasteiger partial charge in [-0.2, -0.15) is 0 Å². The summed E-state index contributed by atoms with van der Waals surface area (Å²) < 4.78 is 1.62. The highest BCUT2D eigenvalue weighted by molar-refractivity contribution is 6.30. The summed E-state index contributed by atoms with van der Waals surface area (Å²) in [6.45, 7) is 2.41. The lowest BCUT2D eigenvalue weighted by molar-refractivity contribution is 0.0665. The average molecular weight is 321 g/mol. The number of aryl methyl sites for hydroxylation is 1. The second-order valence-electron chi connectivity index (χ2n) is 5.35. The molecule has 3 rings (SSSR count). The standard InChI is InChI=1S/C15H17ClN4O2/c1-10-17-14(15(22)19-8-2-3-13(19)9-21)18-20(10)12-6-4-11(16)5-7-12/h4-7,13,21H,2-3,8-9H2,1H3. The number of carbonyl (C=O) groups excluding carboxylic acids is 1. The Morgan fingerprint density at radius 2 is 2.14 bits per heavy atom. The third kappa shape index (κ3) is 2.71. The van der Waals surface area contributed by atoms with Crippen molar-refractivity contribution in [2.24, 2.45) is 0 Å². The summed E-state index contributed by atoms with van der Waals surface area (Å²) in [6, 6.07) is 7.05. The quantitative estimate of drug-likeness (QED) is 0.936. The van der Waals surface area contributed by atoms with Crippen LogP contribution in [0.1, 0.15) is 29.3 Å². The smallest absolute Gasteiger partial charge is 0.293 e. The van der Waals surface area contributed by atoms with Crippen molar-refractivity contribution in [3.05, 3.63) is 40.9 Å².